The van der Waals surface area contributed by atoms with E-state index in [1.165, 1.54) is 0 Å². The molecule has 0 aliphatic rings. The van der Waals surface area contributed by atoms with Gasteiger partial charge in [0.05, 0.1) is 0 Å². The number of carbonyl (C=O) groups is 2. The van der Waals surface area contributed by atoms with Crippen molar-refractivity contribution in [2.45, 2.75) is 78.2 Å². The lowest BCUT2D eigenvalue weighted by molar-refractivity contribution is -0.137. The van der Waals surface area contributed by atoms with E-state index >= 15 is 0 Å². The topological polar surface area (TPSA) is 84.2 Å². The highest BCUT2D eigenvalue weighted by Gasteiger charge is 2.25. The second-order valence-corrected chi connectivity index (χ2v) is 10.1. The molecule has 2 aromatic carbocycles. The molecule has 0 unspecified atom stereocenters. The molecule has 1 aromatic heterocycles. The maximum absolute atomic E-state index is 13.6. The van der Waals surface area contributed by atoms with Crippen LogP contribution in [0.25, 0.3) is 22.6 Å². The molecule has 1 amide bonds. The standard InChI is InChI=1S/C31H41N3O3/c1-24(2)23-34-29(31(37)32-22-16-8-6-4-3-5-7-15-21-27(35)36)28(25-17-11-9-12-18-25)33-30(34)26-19-13-10-14-20-26/h9-14,17-20,24H,3-8,15-16,21-23H2,1-2H3,(H,32,37)(H,35,36). The van der Waals surface area contributed by atoms with Crippen molar-refractivity contribution in [3.05, 3.63) is 66.4 Å². The molecule has 0 fully saturated rings. The van der Waals surface area contributed by atoms with Crippen LogP contribution in [-0.2, 0) is 11.3 Å². The monoisotopic (exact) mass is 503 g/mol. The van der Waals surface area contributed by atoms with Gasteiger partial charge in [0.2, 0.25) is 0 Å². The fraction of sp³-hybridized carbons (Fsp3) is 0.452. The van der Waals surface area contributed by atoms with E-state index in [2.05, 4.69) is 23.7 Å². The van der Waals surface area contributed by atoms with Gasteiger partial charge < -0.3 is 15.0 Å². The van der Waals surface area contributed by atoms with E-state index in [1.807, 2.05) is 60.7 Å². The second-order valence-electron chi connectivity index (χ2n) is 10.1. The molecule has 0 saturated carbocycles. The zero-order chi connectivity index (χ0) is 26.5. The Morgan fingerprint density at radius 3 is 1.92 bits per heavy atom. The molecular formula is C31H41N3O3. The molecule has 0 aliphatic carbocycles. The number of nitrogens with one attached hydrogen (secondary N) is 1. The molecule has 3 rings (SSSR count). The Morgan fingerprint density at radius 2 is 1.35 bits per heavy atom. The van der Waals surface area contributed by atoms with Crippen molar-refractivity contribution in [3.63, 3.8) is 0 Å². The summed E-state index contributed by atoms with van der Waals surface area (Å²) in [5.74, 6) is 0.395. The van der Waals surface area contributed by atoms with Gasteiger partial charge in [-0.15, -0.1) is 0 Å². The van der Waals surface area contributed by atoms with Crippen LogP contribution in [0.5, 0.6) is 0 Å². The predicted molar refractivity (Wildman–Crippen MR) is 149 cm³/mol. The molecule has 198 valence electrons. The Morgan fingerprint density at radius 1 is 0.811 bits per heavy atom. The first-order chi connectivity index (χ1) is 18.0. The van der Waals surface area contributed by atoms with Crippen molar-refractivity contribution in [1.82, 2.24) is 14.9 Å². The summed E-state index contributed by atoms with van der Waals surface area (Å²) in [5.41, 5.74) is 3.29. The van der Waals surface area contributed by atoms with Gasteiger partial charge >= 0.3 is 5.97 Å². The zero-order valence-electron chi connectivity index (χ0n) is 22.3. The first kappa shape index (κ1) is 28.2. The average molecular weight is 504 g/mol. The minimum absolute atomic E-state index is 0.0763. The van der Waals surface area contributed by atoms with Gasteiger partial charge in [0.15, 0.2) is 0 Å². The number of amides is 1. The van der Waals surface area contributed by atoms with Crippen LogP contribution >= 0.6 is 0 Å². The normalized spacial score (nSPS) is 11.1. The first-order valence-electron chi connectivity index (χ1n) is 13.7. The summed E-state index contributed by atoms with van der Waals surface area (Å²) in [4.78, 5) is 29.1. The Labute approximate surface area is 221 Å². The van der Waals surface area contributed by atoms with Crippen LogP contribution in [0.2, 0.25) is 0 Å². The fourth-order valence-corrected chi connectivity index (χ4v) is 4.58. The van der Waals surface area contributed by atoms with Crippen LogP contribution < -0.4 is 5.32 Å². The SMILES string of the molecule is CC(C)Cn1c(-c2ccccc2)nc(-c2ccccc2)c1C(=O)NCCCCCCCCCCC(=O)O. The maximum Gasteiger partial charge on any atom is 0.303 e. The number of imidazole rings is 1. The maximum atomic E-state index is 13.6. The van der Waals surface area contributed by atoms with Gasteiger partial charge in [-0.3, -0.25) is 9.59 Å². The largest absolute Gasteiger partial charge is 0.481 e. The van der Waals surface area contributed by atoms with Gasteiger partial charge in [-0.05, 0) is 18.8 Å². The summed E-state index contributed by atoms with van der Waals surface area (Å²) in [5, 5.41) is 11.9. The van der Waals surface area contributed by atoms with Gasteiger partial charge in [0.25, 0.3) is 5.91 Å². The molecule has 0 radical (unpaired) electrons. The summed E-state index contributed by atoms with van der Waals surface area (Å²) >= 11 is 0. The molecular weight excluding hydrogens is 462 g/mol. The summed E-state index contributed by atoms with van der Waals surface area (Å²) < 4.78 is 2.09. The Kier molecular flexibility index (Phi) is 11.4. The van der Waals surface area contributed by atoms with E-state index in [-0.39, 0.29) is 12.3 Å². The van der Waals surface area contributed by atoms with Crippen molar-refractivity contribution in [1.29, 1.82) is 0 Å². The number of nitrogens with zero attached hydrogens (tertiary/aromatic N) is 2. The first-order valence-corrected chi connectivity index (χ1v) is 13.7. The summed E-state index contributed by atoms with van der Waals surface area (Å²) in [6.07, 6.45) is 8.56. The molecule has 6 heteroatoms. The third kappa shape index (κ3) is 8.88. The van der Waals surface area contributed by atoms with Gasteiger partial charge in [0, 0.05) is 30.6 Å². The lowest BCUT2D eigenvalue weighted by Gasteiger charge is -2.15. The van der Waals surface area contributed by atoms with Gasteiger partial charge in [-0.2, -0.15) is 0 Å². The van der Waals surface area contributed by atoms with Crippen LogP contribution in [0.15, 0.2) is 60.7 Å². The molecule has 0 atom stereocenters. The van der Waals surface area contributed by atoms with E-state index in [1.54, 1.807) is 0 Å². The van der Waals surface area contributed by atoms with Crippen molar-refractivity contribution < 1.29 is 14.7 Å². The highest BCUT2D eigenvalue weighted by Crippen LogP contribution is 2.30. The van der Waals surface area contributed by atoms with E-state index in [9.17, 15) is 9.59 Å². The average Bonchev–Trinajstić information content (AvgIpc) is 3.26. The molecule has 0 bridgehead atoms. The Bertz CT molecular complexity index is 1110. The van der Waals surface area contributed by atoms with E-state index < -0.39 is 5.97 Å². The lowest BCUT2D eigenvalue weighted by Crippen LogP contribution is -2.28. The zero-order valence-corrected chi connectivity index (χ0v) is 22.3. The Balaban J connectivity index is 1.64. The van der Waals surface area contributed by atoms with Gasteiger partial charge in [-0.1, -0.05) is 113 Å². The number of hydrogen-bond donors (Lipinski definition) is 2. The van der Waals surface area contributed by atoms with Crippen molar-refractivity contribution >= 4 is 11.9 Å². The second kappa shape index (κ2) is 15.0. The molecule has 2 N–H and O–H groups in total. The number of carbonyl (C=O) groups excluding carboxylic acids is 1. The quantitative estimate of drug-likeness (QED) is 0.202. The summed E-state index contributed by atoms with van der Waals surface area (Å²) in [7, 11) is 0. The van der Waals surface area contributed by atoms with Crippen LogP contribution in [0.3, 0.4) is 0 Å². The number of rotatable bonds is 16. The van der Waals surface area contributed by atoms with E-state index in [0.717, 1.165) is 74.0 Å². The molecule has 0 spiro atoms. The molecule has 0 aliphatic heterocycles. The minimum atomic E-state index is -0.707. The molecule has 1 heterocycles. The lowest BCUT2D eigenvalue weighted by atomic mass is 10.1. The smallest absolute Gasteiger partial charge is 0.303 e. The number of hydrogen-bond acceptors (Lipinski definition) is 3. The van der Waals surface area contributed by atoms with E-state index in [4.69, 9.17) is 10.1 Å². The molecule has 37 heavy (non-hydrogen) atoms. The number of aliphatic carboxylic acids is 1. The third-order valence-corrected chi connectivity index (χ3v) is 6.41. The highest BCUT2D eigenvalue weighted by atomic mass is 16.4. The van der Waals surface area contributed by atoms with Crippen molar-refractivity contribution in [2.24, 2.45) is 5.92 Å². The van der Waals surface area contributed by atoms with Crippen LogP contribution in [0.1, 0.15) is 82.1 Å². The molecule has 6 nitrogen and oxygen atoms in total. The predicted octanol–water partition coefficient (Wildman–Crippen LogP) is 7.20. The van der Waals surface area contributed by atoms with Crippen LogP contribution in [0.4, 0.5) is 0 Å². The number of benzene rings is 2. The molecule has 0 saturated heterocycles. The van der Waals surface area contributed by atoms with Crippen molar-refractivity contribution in [2.75, 3.05) is 6.54 Å². The van der Waals surface area contributed by atoms with Gasteiger partial charge in [0.1, 0.15) is 17.2 Å². The minimum Gasteiger partial charge on any atom is -0.481 e. The van der Waals surface area contributed by atoms with Crippen LogP contribution in [-0.4, -0.2) is 33.1 Å². The van der Waals surface area contributed by atoms with Crippen molar-refractivity contribution in [3.8, 4) is 22.6 Å². The van der Waals surface area contributed by atoms with E-state index in [0.29, 0.717) is 24.7 Å². The number of unbranched alkanes of at least 4 members (excludes halogenated alkanes) is 7. The van der Waals surface area contributed by atoms with Crippen LogP contribution in [0, 0.1) is 5.92 Å². The summed E-state index contributed by atoms with van der Waals surface area (Å²) in [6, 6.07) is 20.0. The third-order valence-electron chi connectivity index (χ3n) is 6.41. The summed E-state index contributed by atoms with van der Waals surface area (Å²) in [6.45, 7) is 5.66. The highest BCUT2D eigenvalue weighted by molar-refractivity contribution is 5.99. The van der Waals surface area contributed by atoms with Gasteiger partial charge in [-0.25, -0.2) is 4.98 Å². The Hall–Kier alpha value is -3.41. The number of aromatic nitrogens is 2. The number of carboxylic acids is 1. The molecule has 3 aromatic rings. The fourth-order valence-electron chi connectivity index (χ4n) is 4.58. The number of carboxylic acid groups (broad SMARTS) is 1.